The second-order valence-electron chi connectivity index (χ2n) is 8.42. The van der Waals surface area contributed by atoms with Crippen molar-refractivity contribution < 1.29 is 32.7 Å². The Kier molecular flexibility index (Phi) is 6.47. The molecule has 2 amide bonds. The molecule has 0 spiro atoms. The van der Waals surface area contributed by atoms with Gasteiger partial charge in [0.2, 0.25) is 5.91 Å². The van der Waals surface area contributed by atoms with E-state index in [4.69, 9.17) is 0 Å². The molecular weight excluding hydrogens is 457 g/mol. The van der Waals surface area contributed by atoms with Gasteiger partial charge in [0.25, 0.3) is 5.91 Å². The average molecular weight is 481 g/mol. The molecular formula is C23H23F3N2O4S. The van der Waals surface area contributed by atoms with Crippen LogP contribution in [0.2, 0.25) is 0 Å². The number of rotatable bonds is 5. The van der Waals surface area contributed by atoms with E-state index in [0.29, 0.717) is 29.8 Å². The van der Waals surface area contributed by atoms with Crippen molar-refractivity contribution in [1.82, 2.24) is 0 Å². The van der Waals surface area contributed by atoms with Gasteiger partial charge in [0.05, 0.1) is 23.0 Å². The van der Waals surface area contributed by atoms with Crippen molar-refractivity contribution in [2.24, 2.45) is 11.8 Å². The highest BCUT2D eigenvalue weighted by Gasteiger charge is 2.37. The van der Waals surface area contributed by atoms with Crippen LogP contribution in [0.3, 0.4) is 0 Å². The van der Waals surface area contributed by atoms with Crippen LogP contribution in [0, 0.1) is 11.8 Å². The maximum Gasteiger partial charge on any atom is 0.416 e. The maximum atomic E-state index is 13.1. The summed E-state index contributed by atoms with van der Waals surface area (Å²) in [4.78, 5) is 38.6. The van der Waals surface area contributed by atoms with Gasteiger partial charge in [-0.2, -0.15) is 13.2 Å². The first-order valence-electron chi connectivity index (χ1n) is 10.8. The molecule has 2 unspecified atom stereocenters. The first-order valence-corrected chi connectivity index (χ1v) is 11.6. The molecule has 0 bridgehead atoms. The molecule has 1 aromatic carbocycles. The van der Waals surface area contributed by atoms with Crippen molar-refractivity contribution in [3.05, 3.63) is 45.8 Å². The lowest BCUT2D eigenvalue weighted by atomic mass is 9.79. The normalized spacial score (nSPS) is 20.2. The smallest absolute Gasteiger partial charge is 0.416 e. The number of hydrogen-bond donors (Lipinski definition) is 3. The Labute approximate surface area is 192 Å². The summed E-state index contributed by atoms with van der Waals surface area (Å²) in [6, 6.07) is 4.16. The highest BCUT2D eigenvalue weighted by Crippen LogP contribution is 2.41. The van der Waals surface area contributed by atoms with Gasteiger partial charge in [0.1, 0.15) is 5.00 Å². The molecule has 0 radical (unpaired) electrons. The molecule has 2 aliphatic carbocycles. The predicted molar refractivity (Wildman–Crippen MR) is 117 cm³/mol. The summed E-state index contributed by atoms with van der Waals surface area (Å²) >= 11 is 1.31. The summed E-state index contributed by atoms with van der Waals surface area (Å²) in [5, 5.41) is 15.3. The number of carbonyl (C=O) groups excluding carboxylic acids is 2. The summed E-state index contributed by atoms with van der Waals surface area (Å²) in [7, 11) is 0. The summed E-state index contributed by atoms with van der Waals surface area (Å²) in [5.74, 6) is -3.34. The number of carboxylic acids is 1. The molecule has 1 fully saturated rings. The van der Waals surface area contributed by atoms with Gasteiger partial charge in [-0.15, -0.1) is 11.3 Å². The fourth-order valence-corrected chi connectivity index (χ4v) is 5.90. The fraction of sp³-hybridized carbons (Fsp3) is 0.435. The zero-order valence-electron chi connectivity index (χ0n) is 17.6. The van der Waals surface area contributed by atoms with Crippen molar-refractivity contribution in [2.75, 3.05) is 10.6 Å². The number of nitrogens with one attached hydrogen (secondary N) is 2. The molecule has 1 heterocycles. The van der Waals surface area contributed by atoms with E-state index in [9.17, 15) is 32.7 Å². The summed E-state index contributed by atoms with van der Waals surface area (Å²) in [6.45, 7) is 0. The number of carboxylic acid groups (broad SMARTS) is 1. The van der Waals surface area contributed by atoms with Crippen molar-refractivity contribution in [2.45, 2.75) is 51.1 Å². The predicted octanol–water partition coefficient (Wildman–Crippen LogP) is 5.34. The van der Waals surface area contributed by atoms with Crippen LogP contribution in [0.5, 0.6) is 0 Å². The average Bonchev–Trinajstić information content (AvgIpc) is 3.34. The summed E-state index contributed by atoms with van der Waals surface area (Å²) in [5.41, 5.74) is 0.536. The SMILES string of the molecule is O=C(Nc1ccc(C(F)(F)F)cc1)c1c(NC(=O)C2CCCCC2C(=O)O)sc2c1CCC2. The van der Waals surface area contributed by atoms with E-state index in [1.54, 1.807) is 0 Å². The molecule has 4 rings (SSSR count). The highest BCUT2D eigenvalue weighted by molar-refractivity contribution is 7.17. The molecule has 0 saturated heterocycles. The molecule has 2 atom stereocenters. The molecule has 3 N–H and O–H groups in total. The Morgan fingerprint density at radius 2 is 1.61 bits per heavy atom. The molecule has 1 aromatic heterocycles. The van der Waals surface area contributed by atoms with Gasteiger partial charge < -0.3 is 15.7 Å². The van der Waals surface area contributed by atoms with E-state index in [-0.39, 0.29) is 5.69 Å². The topological polar surface area (TPSA) is 95.5 Å². The number of thiophene rings is 1. The summed E-state index contributed by atoms with van der Waals surface area (Å²) < 4.78 is 38.4. The van der Waals surface area contributed by atoms with Gasteiger partial charge in [0, 0.05) is 10.6 Å². The van der Waals surface area contributed by atoms with Crippen molar-refractivity contribution in [1.29, 1.82) is 0 Å². The van der Waals surface area contributed by atoms with Crippen molar-refractivity contribution >= 4 is 39.8 Å². The number of amides is 2. The van der Waals surface area contributed by atoms with Crippen LogP contribution >= 0.6 is 11.3 Å². The molecule has 1 saturated carbocycles. The van der Waals surface area contributed by atoms with E-state index in [2.05, 4.69) is 10.6 Å². The molecule has 176 valence electrons. The number of carbonyl (C=O) groups is 3. The third-order valence-corrected chi connectivity index (χ3v) is 7.48. The number of aliphatic carboxylic acids is 1. The van der Waals surface area contributed by atoms with Gasteiger partial charge in [-0.3, -0.25) is 14.4 Å². The second kappa shape index (κ2) is 9.17. The first kappa shape index (κ1) is 23.3. The van der Waals surface area contributed by atoms with Crippen LogP contribution in [0.25, 0.3) is 0 Å². The number of halogens is 3. The van der Waals surface area contributed by atoms with Crippen LogP contribution < -0.4 is 10.6 Å². The number of benzene rings is 1. The van der Waals surface area contributed by atoms with Crippen LogP contribution in [-0.2, 0) is 28.6 Å². The summed E-state index contributed by atoms with van der Waals surface area (Å²) in [6.07, 6.45) is 0.284. The Morgan fingerprint density at radius 3 is 2.24 bits per heavy atom. The third kappa shape index (κ3) is 4.90. The van der Waals surface area contributed by atoms with Gasteiger partial charge >= 0.3 is 12.1 Å². The molecule has 2 aromatic rings. The lowest BCUT2D eigenvalue weighted by Crippen LogP contribution is -2.36. The van der Waals surface area contributed by atoms with E-state index in [1.165, 1.54) is 23.5 Å². The Bertz CT molecular complexity index is 1080. The van der Waals surface area contributed by atoms with Crippen LogP contribution in [-0.4, -0.2) is 22.9 Å². The monoisotopic (exact) mass is 480 g/mol. The largest absolute Gasteiger partial charge is 0.481 e. The highest BCUT2D eigenvalue weighted by atomic mass is 32.1. The van der Waals surface area contributed by atoms with Gasteiger partial charge in [-0.05, 0) is 61.9 Å². The minimum atomic E-state index is -4.47. The Balaban J connectivity index is 1.56. The minimum Gasteiger partial charge on any atom is -0.481 e. The van der Waals surface area contributed by atoms with Crippen LogP contribution in [0.15, 0.2) is 24.3 Å². The van der Waals surface area contributed by atoms with E-state index in [1.807, 2.05) is 0 Å². The van der Waals surface area contributed by atoms with Crippen LogP contribution in [0.4, 0.5) is 23.9 Å². The quantitative estimate of drug-likeness (QED) is 0.539. The number of alkyl halides is 3. The van der Waals surface area contributed by atoms with Gasteiger partial charge in [0.15, 0.2) is 0 Å². The fourth-order valence-electron chi connectivity index (χ4n) is 4.61. The molecule has 6 nitrogen and oxygen atoms in total. The Morgan fingerprint density at radius 1 is 0.939 bits per heavy atom. The first-order chi connectivity index (χ1) is 15.6. The standard InChI is InChI=1S/C23H23F3N2O4S/c24-23(25,26)12-8-10-13(11-9-12)27-20(30)18-16-6-3-7-17(16)33-21(18)28-19(29)14-4-1-2-5-15(14)22(31)32/h8-11,14-15H,1-7H2,(H,27,30)(H,28,29)(H,31,32). The van der Waals surface area contributed by atoms with E-state index in [0.717, 1.165) is 48.3 Å². The minimum absolute atomic E-state index is 0.210. The third-order valence-electron chi connectivity index (χ3n) is 6.28. The lowest BCUT2D eigenvalue weighted by Gasteiger charge is -2.27. The van der Waals surface area contributed by atoms with Crippen molar-refractivity contribution in [3.63, 3.8) is 0 Å². The number of aryl methyl sites for hydroxylation is 1. The number of fused-ring (bicyclic) bond motifs is 1. The van der Waals surface area contributed by atoms with Gasteiger partial charge in [-0.1, -0.05) is 12.8 Å². The molecule has 2 aliphatic rings. The maximum absolute atomic E-state index is 13.1. The number of hydrogen-bond acceptors (Lipinski definition) is 4. The molecule has 10 heteroatoms. The van der Waals surface area contributed by atoms with Crippen molar-refractivity contribution in [3.8, 4) is 0 Å². The lowest BCUT2D eigenvalue weighted by molar-refractivity contribution is -0.147. The zero-order chi connectivity index (χ0) is 23.8. The van der Waals surface area contributed by atoms with Crippen LogP contribution in [0.1, 0.15) is 58.5 Å². The Hall–Kier alpha value is -2.88. The van der Waals surface area contributed by atoms with Gasteiger partial charge in [-0.25, -0.2) is 0 Å². The number of anilines is 2. The second-order valence-corrected chi connectivity index (χ2v) is 9.52. The van der Waals surface area contributed by atoms with E-state index >= 15 is 0 Å². The zero-order valence-corrected chi connectivity index (χ0v) is 18.4. The molecule has 33 heavy (non-hydrogen) atoms. The van der Waals surface area contributed by atoms with E-state index < -0.39 is 41.4 Å². The molecule has 0 aliphatic heterocycles.